The molecule has 5 nitrogen and oxygen atoms in total. The number of thiophene rings is 1. The van der Waals surface area contributed by atoms with E-state index in [1.807, 2.05) is 58.2 Å². The molecule has 0 spiro atoms. The number of fused-ring (bicyclic) bond motifs is 3. The van der Waals surface area contributed by atoms with Gasteiger partial charge in [0.05, 0.1) is 29.0 Å². The first kappa shape index (κ1) is 19.0. The highest BCUT2D eigenvalue weighted by Gasteiger charge is 2.18. The fourth-order valence-corrected chi connectivity index (χ4v) is 3.98. The van der Waals surface area contributed by atoms with Crippen LogP contribution in [0.2, 0.25) is 0 Å². The van der Waals surface area contributed by atoms with Crippen LogP contribution in [0.1, 0.15) is 26.8 Å². The summed E-state index contributed by atoms with van der Waals surface area (Å²) >= 11 is 1.40. The lowest BCUT2D eigenvalue weighted by Crippen LogP contribution is -2.22. The lowest BCUT2D eigenvalue weighted by Gasteiger charge is -2.18. The lowest BCUT2D eigenvalue weighted by atomic mass is 10.2. The highest BCUT2D eigenvalue weighted by atomic mass is 32.1. The van der Waals surface area contributed by atoms with Crippen LogP contribution in [0.5, 0.6) is 0 Å². The largest absolute Gasteiger partial charge is 0.370 e. The Kier molecular flexibility index (Phi) is 5.56. The number of likely N-dealkylation sites (N-methyl/N-ethyl adjacent to an activating group) is 1. The SMILES string of the molecule is C=CCN(C)c1ccnc2sc3c(=O)n(C(C)/C=C\C(C)=C/C)cnc3c12. The van der Waals surface area contributed by atoms with Gasteiger partial charge in [-0.15, -0.1) is 17.9 Å². The quantitative estimate of drug-likeness (QED) is 0.459. The molecule has 0 aromatic carbocycles. The molecule has 140 valence electrons. The molecule has 3 aromatic rings. The normalized spacial score (nSPS) is 13.6. The summed E-state index contributed by atoms with van der Waals surface area (Å²) in [6.07, 6.45) is 11.3. The Balaban J connectivity index is 2.16. The highest BCUT2D eigenvalue weighted by molar-refractivity contribution is 7.25. The molecule has 3 rings (SSSR count). The zero-order valence-electron chi connectivity index (χ0n) is 16.1. The second-order valence-corrected chi connectivity index (χ2v) is 7.55. The Morgan fingerprint density at radius 2 is 2.22 bits per heavy atom. The summed E-state index contributed by atoms with van der Waals surface area (Å²) in [6.45, 7) is 10.5. The first-order valence-electron chi connectivity index (χ1n) is 8.89. The number of aromatic nitrogens is 3. The highest BCUT2D eigenvalue weighted by Crippen LogP contribution is 2.35. The minimum atomic E-state index is -0.0784. The van der Waals surface area contributed by atoms with Crippen LogP contribution in [0.4, 0.5) is 5.69 Å². The predicted molar refractivity (Wildman–Crippen MR) is 116 cm³/mol. The Morgan fingerprint density at radius 3 is 2.93 bits per heavy atom. The van der Waals surface area contributed by atoms with Crippen LogP contribution in [-0.4, -0.2) is 28.1 Å². The van der Waals surface area contributed by atoms with Crippen LogP contribution in [0.25, 0.3) is 20.4 Å². The number of nitrogens with zero attached hydrogens (tertiary/aromatic N) is 4. The molecule has 0 amide bonds. The van der Waals surface area contributed by atoms with E-state index in [1.54, 1.807) is 17.1 Å². The average Bonchev–Trinajstić information content (AvgIpc) is 3.06. The van der Waals surface area contributed by atoms with Crippen LogP contribution in [0.15, 0.2) is 59.8 Å². The Labute approximate surface area is 163 Å². The Bertz CT molecular complexity index is 1110. The van der Waals surface area contributed by atoms with Gasteiger partial charge in [0.15, 0.2) is 0 Å². The molecule has 3 aromatic heterocycles. The molecule has 0 saturated heterocycles. The molecule has 1 unspecified atom stereocenters. The van der Waals surface area contributed by atoms with Gasteiger partial charge in [0.1, 0.15) is 9.53 Å². The van der Waals surface area contributed by atoms with Crippen LogP contribution in [0, 0.1) is 0 Å². The van der Waals surface area contributed by atoms with Crippen LogP contribution in [0.3, 0.4) is 0 Å². The Hall–Kier alpha value is -2.73. The summed E-state index contributed by atoms with van der Waals surface area (Å²) in [7, 11) is 2.00. The van der Waals surface area contributed by atoms with Gasteiger partial charge in [-0.25, -0.2) is 9.97 Å². The number of allylic oxidation sites excluding steroid dienone is 4. The predicted octanol–water partition coefficient (Wildman–Crippen LogP) is 4.71. The zero-order chi connectivity index (χ0) is 19.6. The third-order valence-electron chi connectivity index (χ3n) is 4.63. The number of anilines is 1. The molecular weight excluding hydrogens is 356 g/mol. The molecule has 6 heteroatoms. The second kappa shape index (κ2) is 7.88. The van der Waals surface area contributed by atoms with E-state index in [9.17, 15) is 4.79 Å². The number of hydrogen-bond donors (Lipinski definition) is 0. The molecule has 27 heavy (non-hydrogen) atoms. The minimum Gasteiger partial charge on any atom is -0.370 e. The molecule has 0 N–H and O–H groups in total. The van der Waals surface area contributed by atoms with Gasteiger partial charge >= 0.3 is 0 Å². The van der Waals surface area contributed by atoms with Crippen molar-refractivity contribution >= 4 is 37.5 Å². The molecule has 0 fully saturated rings. The summed E-state index contributed by atoms with van der Waals surface area (Å²) in [5.41, 5.74) is 2.85. The minimum absolute atomic E-state index is 0.0318. The first-order valence-corrected chi connectivity index (χ1v) is 9.71. The van der Waals surface area contributed by atoms with Gasteiger partial charge in [-0.05, 0) is 26.8 Å². The number of rotatable bonds is 6. The van der Waals surface area contributed by atoms with Gasteiger partial charge in [0.25, 0.3) is 5.56 Å². The van der Waals surface area contributed by atoms with Crippen LogP contribution < -0.4 is 10.5 Å². The van der Waals surface area contributed by atoms with E-state index in [-0.39, 0.29) is 11.6 Å². The molecule has 0 aliphatic heterocycles. The molecule has 0 aliphatic rings. The van der Waals surface area contributed by atoms with E-state index in [1.165, 1.54) is 11.3 Å². The van der Waals surface area contributed by atoms with Crippen molar-refractivity contribution in [1.82, 2.24) is 14.5 Å². The monoisotopic (exact) mass is 380 g/mol. The Morgan fingerprint density at radius 1 is 1.44 bits per heavy atom. The molecule has 0 bridgehead atoms. The van der Waals surface area contributed by atoms with Crippen molar-refractivity contribution in [3.8, 4) is 0 Å². The van der Waals surface area contributed by atoms with Crippen molar-refractivity contribution in [2.45, 2.75) is 26.8 Å². The first-order chi connectivity index (χ1) is 13.0. The summed E-state index contributed by atoms with van der Waals surface area (Å²) < 4.78 is 2.31. The molecule has 0 saturated carbocycles. The average molecular weight is 381 g/mol. The number of hydrogen-bond acceptors (Lipinski definition) is 5. The number of pyridine rings is 1. The summed E-state index contributed by atoms with van der Waals surface area (Å²) in [6, 6.07) is 1.88. The van der Waals surface area contributed by atoms with Gasteiger partial charge in [-0.1, -0.05) is 29.9 Å². The second-order valence-electron chi connectivity index (χ2n) is 6.55. The standard InChI is InChI=1S/C21H24N4OS/c1-6-12-24(5)16-10-11-22-20-17(16)18-19(27-20)21(26)25(13-23-18)15(4)9-8-14(3)7-2/h6-11,13,15H,1,12H2,2-5H3/b9-8-,14-7-. The summed E-state index contributed by atoms with van der Waals surface area (Å²) in [4.78, 5) is 25.1. The maximum atomic E-state index is 13.1. The molecular formula is C21H24N4OS. The fourth-order valence-electron chi connectivity index (χ4n) is 2.93. The fraction of sp³-hybridized carbons (Fsp3) is 0.286. The van der Waals surface area contributed by atoms with Crippen molar-refractivity contribution in [2.24, 2.45) is 0 Å². The third-order valence-corrected chi connectivity index (χ3v) is 5.71. The van der Waals surface area contributed by atoms with E-state index in [0.29, 0.717) is 11.2 Å². The van der Waals surface area contributed by atoms with Gasteiger partial charge in [-0.3, -0.25) is 9.36 Å². The molecule has 1 atom stereocenters. The molecule has 0 radical (unpaired) electrons. The zero-order valence-corrected chi connectivity index (χ0v) is 17.0. The molecule has 3 heterocycles. The van der Waals surface area contributed by atoms with Crippen LogP contribution in [-0.2, 0) is 0 Å². The third kappa shape index (κ3) is 3.57. The van der Waals surface area contributed by atoms with Crippen molar-refractivity contribution in [1.29, 1.82) is 0 Å². The van der Waals surface area contributed by atoms with Crippen LogP contribution >= 0.6 is 11.3 Å². The maximum absolute atomic E-state index is 13.1. The van der Waals surface area contributed by atoms with Crippen molar-refractivity contribution in [2.75, 3.05) is 18.5 Å². The van der Waals surface area contributed by atoms with Crippen molar-refractivity contribution in [3.05, 3.63) is 65.4 Å². The van der Waals surface area contributed by atoms with Gasteiger partial charge in [0.2, 0.25) is 0 Å². The topological polar surface area (TPSA) is 51.0 Å². The lowest BCUT2D eigenvalue weighted by molar-refractivity contribution is 0.628. The van der Waals surface area contributed by atoms with E-state index in [0.717, 1.165) is 27.0 Å². The molecule has 0 aliphatic carbocycles. The van der Waals surface area contributed by atoms with E-state index >= 15 is 0 Å². The van der Waals surface area contributed by atoms with Gasteiger partial charge < -0.3 is 4.90 Å². The van der Waals surface area contributed by atoms with Gasteiger partial charge in [-0.2, -0.15) is 0 Å². The van der Waals surface area contributed by atoms with Gasteiger partial charge in [0, 0.05) is 19.8 Å². The van der Waals surface area contributed by atoms with E-state index < -0.39 is 0 Å². The smallest absolute Gasteiger partial charge is 0.271 e. The van der Waals surface area contributed by atoms with E-state index in [4.69, 9.17) is 0 Å². The summed E-state index contributed by atoms with van der Waals surface area (Å²) in [5.74, 6) is 0. The maximum Gasteiger partial charge on any atom is 0.271 e. The summed E-state index contributed by atoms with van der Waals surface area (Å²) in [5, 5.41) is 0.930. The van der Waals surface area contributed by atoms with Crippen molar-refractivity contribution < 1.29 is 0 Å². The van der Waals surface area contributed by atoms with E-state index in [2.05, 4.69) is 21.4 Å². The van der Waals surface area contributed by atoms with Crippen molar-refractivity contribution in [3.63, 3.8) is 0 Å².